The first kappa shape index (κ1) is 15.4. The Bertz CT molecular complexity index is 618. The highest BCUT2D eigenvalue weighted by Crippen LogP contribution is 2.35. The van der Waals surface area contributed by atoms with E-state index in [1.165, 1.54) is 19.2 Å². The predicted molar refractivity (Wildman–Crippen MR) is 75.1 cm³/mol. The molecule has 0 aromatic heterocycles. The molecule has 0 heterocycles. The maximum atomic E-state index is 12.6. The van der Waals surface area contributed by atoms with E-state index in [-0.39, 0.29) is 0 Å². The monoisotopic (exact) mass is 295 g/mol. The smallest absolute Gasteiger partial charge is 0.416 e. The molecular formula is C16H16F3NO. The zero-order chi connectivity index (χ0) is 15.7. The van der Waals surface area contributed by atoms with Crippen molar-refractivity contribution >= 4 is 0 Å². The topological polar surface area (TPSA) is 35.2 Å². The van der Waals surface area contributed by atoms with Crippen molar-refractivity contribution in [1.29, 1.82) is 0 Å². The van der Waals surface area contributed by atoms with Crippen LogP contribution in [0.15, 0.2) is 48.5 Å². The van der Waals surface area contributed by atoms with Gasteiger partial charge in [0.05, 0.1) is 18.2 Å². The third-order valence-electron chi connectivity index (χ3n) is 3.48. The van der Waals surface area contributed by atoms with Crippen LogP contribution in [0.5, 0.6) is 5.75 Å². The van der Waals surface area contributed by atoms with E-state index >= 15 is 0 Å². The average molecular weight is 295 g/mol. The second-order valence-electron chi connectivity index (χ2n) is 4.98. The summed E-state index contributed by atoms with van der Waals surface area (Å²) >= 11 is 0. The van der Waals surface area contributed by atoms with E-state index in [2.05, 4.69) is 0 Å². The lowest BCUT2D eigenvalue weighted by molar-refractivity contribution is -0.137. The summed E-state index contributed by atoms with van der Waals surface area (Å²) in [6.45, 7) is 1.74. The Hall–Kier alpha value is -2.01. The molecule has 2 aromatic carbocycles. The van der Waals surface area contributed by atoms with Crippen molar-refractivity contribution < 1.29 is 17.9 Å². The fourth-order valence-corrected chi connectivity index (χ4v) is 2.23. The number of para-hydroxylation sites is 1. The van der Waals surface area contributed by atoms with Gasteiger partial charge in [0.15, 0.2) is 0 Å². The van der Waals surface area contributed by atoms with Gasteiger partial charge >= 0.3 is 6.18 Å². The van der Waals surface area contributed by atoms with Crippen molar-refractivity contribution in [2.75, 3.05) is 7.11 Å². The van der Waals surface area contributed by atoms with E-state index in [0.717, 1.165) is 12.1 Å². The summed E-state index contributed by atoms with van der Waals surface area (Å²) in [5, 5.41) is 0. The molecule has 1 unspecified atom stereocenters. The molecule has 0 amide bonds. The van der Waals surface area contributed by atoms with Gasteiger partial charge in [-0.25, -0.2) is 0 Å². The highest BCUT2D eigenvalue weighted by Gasteiger charge is 2.32. The van der Waals surface area contributed by atoms with Crippen LogP contribution in [0.25, 0.3) is 0 Å². The summed E-state index contributed by atoms with van der Waals surface area (Å²) in [5.41, 5.74) is 5.99. The van der Waals surface area contributed by atoms with Crippen molar-refractivity contribution in [2.24, 2.45) is 5.73 Å². The summed E-state index contributed by atoms with van der Waals surface area (Å²) < 4.78 is 43.1. The Labute approximate surface area is 121 Å². The molecule has 0 aliphatic heterocycles. The maximum Gasteiger partial charge on any atom is 0.416 e. The van der Waals surface area contributed by atoms with Gasteiger partial charge < -0.3 is 10.5 Å². The number of alkyl halides is 3. The van der Waals surface area contributed by atoms with Gasteiger partial charge in [-0.05, 0) is 30.7 Å². The summed E-state index contributed by atoms with van der Waals surface area (Å²) in [4.78, 5) is 0. The first-order valence-electron chi connectivity index (χ1n) is 6.37. The van der Waals surface area contributed by atoms with E-state index in [0.29, 0.717) is 16.9 Å². The standard InChI is InChI=1S/C16H16F3NO/c1-15(20,13-5-3-4-6-14(13)21-2)11-7-9-12(10-8-11)16(17,18)19/h3-10H,20H2,1-2H3. The van der Waals surface area contributed by atoms with E-state index < -0.39 is 17.3 Å². The molecule has 0 saturated heterocycles. The predicted octanol–water partition coefficient (Wildman–Crippen LogP) is 3.94. The lowest BCUT2D eigenvalue weighted by atomic mass is 9.84. The SMILES string of the molecule is COc1ccccc1C(C)(N)c1ccc(C(F)(F)F)cc1. The van der Waals surface area contributed by atoms with Crippen LogP contribution in [0, 0.1) is 0 Å². The number of rotatable bonds is 3. The van der Waals surface area contributed by atoms with Gasteiger partial charge in [0.2, 0.25) is 0 Å². The quantitative estimate of drug-likeness (QED) is 0.931. The van der Waals surface area contributed by atoms with Crippen LogP contribution < -0.4 is 10.5 Å². The minimum Gasteiger partial charge on any atom is -0.496 e. The van der Waals surface area contributed by atoms with Crippen molar-refractivity contribution in [3.8, 4) is 5.75 Å². The molecule has 0 aliphatic rings. The molecule has 2 rings (SSSR count). The average Bonchev–Trinajstić information content (AvgIpc) is 2.46. The number of nitrogens with two attached hydrogens (primary N) is 1. The molecule has 21 heavy (non-hydrogen) atoms. The minimum absolute atomic E-state index is 0.583. The van der Waals surface area contributed by atoms with Crippen LogP contribution >= 0.6 is 0 Å². The molecule has 0 bridgehead atoms. The van der Waals surface area contributed by atoms with Crippen molar-refractivity contribution in [3.63, 3.8) is 0 Å². The highest BCUT2D eigenvalue weighted by molar-refractivity contribution is 5.46. The zero-order valence-electron chi connectivity index (χ0n) is 11.7. The zero-order valence-corrected chi connectivity index (χ0v) is 11.7. The Morgan fingerprint density at radius 3 is 1.95 bits per heavy atom. The van der Waals surface area contributed by atoms with E-state index in [9.17, 15) is 13.2 Å². The van der Waals surface area contributed by atoms with Gasteiger partial charge in [-0.1, -0.05) is 30.3 Å². The minimum atomic E-state index is -4.35. The van der Waals surface area contributed by atoms with Crippen molar-refractivity contribution in [1.82, 2.24) is 0 Å². The molecule has 5 heteroatoms. The van der Waals surface area contributed by atoms with Crippen LogP contribution in [0.2, 0.25) is 0 Å². The van der Waals surface area contributed by atoms with Gasteiger partial charge in [-0.15, -0.1) is 0 Å². The second-order valence-corrected chi connectivity index (χ2v) is 4.98. The van der Waals surface area contributed by atoms with Crippen molar-refractivity contribution in [3.05, 3.63) is 65.2 Å². The highest BCUT2D eigenvalue weighted by atomic mass is 19.4. The fourth-order valence-electron chi connectivity index (χ4n) is 2.23. The Morgan fingerprint density at radius 1 is 0.905 bits per heavy atom. The largest absolute Gasteiger partial charge is 0.496 e. The molecule has 112 valence electrons. The molecular weight excluding hydrogens is 279 g/mol. The summed E-state index contributed by atoms with van der Waals surface area (Å²) in [7, 11) is 1.53. The van der Waals surface area contributed by atoms with Crippen LogP contribution in [-0.4, -0.2) is 7.11 Å². The van der Waals surface area contributed by atoms with Crippen molar-refractivity contribution in [2.45, 2.75) is 18.6 Å². The maximum absolute atomic E-state index is 12.6. The number of ether oxygens (including phenoxy) is 1. The third-order valence-corrected chi connectivity index (χ3v) is 3.48. The Kier molecular flexibility index (Phi) is 3.96. The van der Waals surface area contributed by atoms with Crippen LogP contribution in [0.4, 0.5) is 13.2 Å². The normalized spacial score (nSPS) is 14.6. The molecule has 0 radical (unpaired) electrons. The van der Waals surface area contributed by atoms with E-state index in [1.54, 1.807) is 19.1 Å². The van der Waals surface area contributed by atoms with Gasteiger partial charge in [-0.2, -0.15) is 13.2 Å². The summed E-state index contributed by atoms with van der Waals surface area (Å²) in [6, 6.07) is 12.1. The van der Waals surface area contributed by atoms with E-state index in [4.69, 9.17) is 10.5 Å². The fraction of sp³-hybridized carbons (Fsp3) is 0.250. The molecule has 0 saturated carbocycles. The molecule has 1 atom stereocenters. The Morgan fingerprint density at radius 2 is 1.43 bits per heavy atom. The lowest BCUT2D eigenvalue weighted by Crippen LogP contribution is -2.34. The Balaban J connectivity index is 2.44. The van der Waals surface area contributed by atoms with Gasteiger partial charge in [0.25, 0.3) is 0 Å². The van der Waals surface area contributed by atoms with Gasteiger partial charge in [-0.3, -0.25) is 0 Å². The summed E-state index contributed by atoms with van der Waals surface area (Å²) in [6.07, 6.45) is -4.35. The lowest BCUT2D eigenvalue weighted by Gasteiger charge is -2.28. The molecule has 0 aliphatic carbocycles. The number of hydrogen-bond acceptors (Lipinski definition) is 2. The number of methoxy groups -OCH3 is 1. The molecule has 2 nitrogen and oxygen atoms in total. The summed E-state index contributed by atoms with van der Waals surface area (Å²) in [5.74, 6) is 0.599. The van der Waals surface area contributed by atoms with Crippen LogP contribution in [-0.2, 0) is 11.7 Å². The second kappa shape index (κ2) is 5.41. The van der Waals surface area contributed by atoms with Crippen LogP contribution in [0.3, 0.4) is 0 Å². The van der Waals surface area contributed by atoms with E-state index in [1.807, 2.05) is 12.1 Å². The number of hydrogen-bond donors (Lipinski definition) is 1. The van der Waals surface area contributed by atoms with Gasteiger partial charge in [0.1, 0.15) is 5.75 Å². The first-order valence-corrected chi connectivity index (χ1v) is 6.37. The molecule has 0 spiro atoms. The first-order chi connectivity index (χ1) is 9.76. The third kappa shape index (κ3) is 3.03. The molecule has 2 N–H and O–H groups in total. The number of halogens is 3. The molecule has 2 aromatic rings. The molecule has 0 fully saturated rings. The van der Waals surface area contributed by atoms with Crippen LogP contribution in [0.1, 0.15) is 23.6 Å². The van der Waals surface area contributed by atoms with Gasteiger partial charge in [0, 0.05) is 5.56 Å². The number of benzene rings is 2.